The molecule has 0 radical (unpaired) electrons. The van der Waals surface area contributed by atoms with E-state index in [0.717, 1.165) is 19.3 Å². The van der Waals surface area contributed by atoms with Gasteiger partial charge in [0.05, 0.1) is 17.7 Å². The number of ether oxygens (including phenoxy) is 2. The van der Waals surface area contributed by atoms with E-state index in [2.05, 4.69) is 6.92 Å². The molecule has 5 heteroatoms. The van der Waals surface area contributed by atoms with Gasteiger partial charge in [-0.2, -0.15) is 0 Å². The third-order valence-electron chi connectivity index (χ3n) is 4.64. The molecule has 0 aliphatic carbocycles. The van der Waals surface area contributed by atoms with Gasteiger partial charge in [0.15, 0.2) is 11.6 Å². The zero-order valence-corrected chi connectivity index (χ0v) is 17.0. The molecule has 0 aliphatic rings. The molecule has 0 amide bonds. The zero-order valence-electron chi connectivity index (χ0n) is 17.0. The van der Waals surface area contributed by atoms with E-state index in [1.54, 1.807) is 18.2 Å². The largest absolute Gasteiger partial charge is 0.462 e. The van der Waals surface area contributed by atoms with Crippen LogP contribution in [0.15, 0.2) is 48.5 Å². The SMILES string of the molecule is CCCCCCCCCCOC(=O)c1ccccc1C(=O)Oc1ccccc1F. The van der Waals surface area contributed by atoms with E-state index in [9.17, 15) is 14.0 Å². The summed E-state index contributed by atoms with van der Waals surface area (Å²) in [4.78, 5) is 24.8. The van der Waals surface area contributed by atoms with Crippen molar-refractivity contribution in [3.8, 4) is 5.75 Å². The molecule has 156 valence electrons. The quantitative estimate of drug-likeness (QED) is 0.237. The maximum atomic E-state index is 13.7. The van der Waals surface area contributed by atoms with E-state index in [4.69, 9.17) is 9.47 Å². The van der Waals surface area contributed by atoms with E-state index in [1.807, 2.05) is 0 Å². The molecule has 0 atom stereocenters. The molecule has 0 heterocycles. The van der Waals surface area contributed by atoms with Crippen molar-refractivity contribution in [1.29, 1.82) is 0 Å². The summed E-state index contributed by atoms with van der Waals surface area (Å²) in [6.07, 6.45) is 9.21. The topological polar surface area (TPSA) is 52.6 Å². The second kappa shape index (κ2) is 12.7. The first kappa shape index (κ1) is 22.6. The van der Waals surface area contributed by atoms with E-state index in [-0.39, 0.29) is 16.9 Å². The van der Waals surface area contributed by atoms with Gasteiger partial charge in [0, 0.05) is 0 Å². The van der Waals surface area contributed by atoms with Gasteiger partial charge in [-0.1, -0.05) is 76.1 Å². The first-order valence-electron chi connectivity index (χ1n) is 10.4. The molecule has 0 spiro atoms. The maximum absolute atomic E-state index is 13.7. The number of unbranched alkanes of at least 4 members (excludes halogenated alkanes) is 7. The molecule has 29 heavy (non-hydrogen) atoms. The summed E-state index contributed by atoms with van der Waals surface area (Å²) < 4.78 is 24.1. The zero-order chi connectivity index (χ0) is 20.9. The Balaban J connectivity index is 1.82. The van der Waals surface area contributed by atoms with Crippen LogP contribution >= 0.6 is 0 Å². The van der Waals surface area contributed by atoms with Crippen LogP contribution < -0.4 is 4.74 Å². The van der Waals surface area contributed by atoms with Gasteiger partial charge in [-0.05, 0) is 30.7 Å². The molecule has 0 saturated carbocycles. The van der Waals surface area contributed by atoms with Crippen LogP contribution in [0.5, 0.6) is 5.75 Å². The van der Waals surface area contributed by atoms with Crippen molar-refractivity contribution < 1.29 is 23.5 Å². The van der Waals surface area contributed by atoms with Crippen LogP contribution in [0.1, 0.15) is 79.0 Å². The van der Waals surface area contributed by atoms with Crippen molar-refractivity contribution >= 4 is 11.9 Å². The number of hydrogen-bond acceptors (Lipinski definition) is 4. The third-order valence-corrected chi connectivity index (χ3v) is 4.64. The summed E-state index contributed by atoms with van der Waals surface area (Å²) in [5.74, 6) is -2.20. The van der Waals surface area contributed by atoms with Crippen molar-refractivity contribution in [2.45, 2.75) is 58.3 Å². The number of para-hydroxylation sites is 1. The minimum absolute atomic E-state index is 0.0525. The van der Waals surface area contributed by atoms with Crippen LogP contribution in [0.2, 0.25) is 0 Å². The summed E-state index contributed by atoms with van der Waals surface area (Å²) in [5, 5.41) is 0. The van der Waals surface area contributed by atoms with Crippen molar-refractivity contribution in [2.75, 3.05) is 6.61 Å². The van der Waals surface area contributed by atoms with Crippen LogP contribution in [-0.4, -0.2) is 18.5 Å². The summed E-state index contributed by atoms with van der Waals surface area (Å²) in [6.45, 7) is 2.51. The van der Waals surface area contributed by atoms with E-state index >= 15 is 0 Å². The standard InChI is InChI=1S/C24H29FO4/c1-2-3-4-5-6-7-8-13-18-28-23(26)19-14-9-10-15-20(19)24(27)29-22-17-12-11-16-21(22)25/h9-12,14-17H,2-8,13,18H2,1H3. The predicted molar refractivity (Wildman–Crippen MR) is 111 cm³/mol. The highest BCUT2D eigenvalue weighted by Crippen LogP contribution is 2.19. The van der Waals surface area contributed by atoms with Gasteiger partial charge >= 0.3 is 11.9 Å². The molecule has 4 nitrogen and oxygen atoms in total. The normalized spacial score (nSPS) is 10.6. The minimum atomic E-state index is -0.797. The van der Waals surface area contributed by atoms with Gasteiger partial charge < -0.3 is 9.47 Å². The van der Waals surface area contributed by atoms with Gasteiger partial charge in [-0.3, -0.25) is 0 Å². The Morgan fingerprint density at radius 2 is 1.31 bits per heavy atom. The fourth-order valence-electron chi connectivity index (χ4n) is 3.00. The smallest absolute Gasteiger partial charge is 0.344 e. The highest BCUT2D eigenvalue weighted by Gasteiger charge is 2.20. The summed E-state index contributed by atoms with van der Waals surface area (Å²) in [6, 6.07) is 11.9. The predicted octanol–water partition coefficient (Wildman–Crippen LogP) is 6.34. The lowest BCUT2D eigenvalue weighted by atomic mass is 10.1. The Kier molecular flexibility index (Phi) is 9.90. The maximum Gasteiger partial charge on any atom is 0.344 e. The van der Waals surface area contributed by atoms with Crippen LogP contribution in [-0.2, 0) is 4.74 Å². The van der Waals surface area contributed by atoms with Gasteiger partial charge in [-0.25, -0.2) is 14.0 Å². The molecule has 0 aromatic heterocycles. The molecule has 2 aromatic carbocycles. The molecule has 0 saturated heterocycles. The Morgan fingerprint density at radius 1 is 0.759 bits per heavy atom. The lowest BCUT2D eigenvalue weighted by molar-refractivity contribution is 0.0489. The number of carbonyl (C=O) groups is 2. The third kappa shape index (κ3) is 7.68. The van der Waals surface area contributed by atoms with Crippen LogP contribution in [0, 0.1) is 5.82 Å². The van der Waals surface area contributed by atoms with Crippen LogP contribution in [0.4, 0.5) is 4.39 Å². The number of benzene rings is 2. The van der Waals surface area contributed by atoms with E-state index in [0.29, 0.717) is 6.61 Å². The number of rotatable bonds is 12. The number of carbonyl (C=O) groups excluding carboxylic acids is 2. The van der Waals surface area contributed by atoms with E-state index < -0.39 is 17.8 Å². The van der Waals surface area contributed by atoms with Crippen molar-refractivity contribution in [1.82, 2.24) is 0 Å². The molecular formula is C24H29FO4. The van der Waals surface area contributed by atoms with Crippen LogP contribution in [0.3, 0.4) is 0 Å². The van der Waals surface area contributed by atoms with Gasteiger partial charge in [0.2, 0.25) is 0 Å². The van der Waals surface area contributed by atoms with Crippen molar-refractivity contribution in [3.05, 3.63) is 65.5 Å². The van der Waals surface area contributed by atoms with E-state index in [1.165, 1.54) is 62.4 Å². The van der Waals surface area contributed by atoms with Gasteiger partial charge in [-0.15, -0.1) is 0 Å². The fraction of sp³-hybridized carbons (Fsp3) is 0.417. The molecular weight excluding hydrogens is 371 g/mol. The molecule has 2 rings (SSSR count). The first-order chi connectivity index (χ1) is 14.1. The fourth-order valence-corrected chi connectivity index (χ4v) is 3.00. The Morgan fingerprint density at radius 3 is 1.97 bits per heavy atom. The number of halogens is 1. The number of hydrogen-bond donors (Lipinski definition) is 0. The number of esters is 2. The second-order valence-corrected chi connectivity index (χ2v) is 6.98. The lowest BCUT2D eigenvalue weighted by Gasteiger charge is -2.10. The summed E-state index contributed by atoms with van der Waals surface area (Å²) in [5.41, 5.74) is 0.171. The van der Waals surface area contributed by atoms with Crippen molar-refractivity contribution in [2.24, 2.45) is 0 Å². The van der Waals surface area contributed by atoms with Crippen molar-refractivity contribution in [3.63, 3.8) is 0 Å². The molecule has 0 N–H and O–H groups in total. The summed E-state index contributed by atoms with van der Waals surface area (Å²) >= 11 is 0. The van der Waals surface area contributed by atoms with Gasteiger partial charge in [0.25, 0.3) is 0 Å². The summed E-state index contributed by atoms with van der Waals surface area (Å²) in [7, 11) is 0. The second-order valence-electron chi connectivity index (χ2n) is 6.98. The Labute approximate surface area is 172 Å². The average molecular weight is 400 g/mol. The average Bonchev–Trinajstić information content (AvgIpc) is 2.74. The monoisotopic (exact) mass is 400 g/mol. The molecule has 0 unspecified atom stereocenters. The highest BCUT2D eigenvalue weighted by molar-refractivity contribution is 6.03. The molecule has 0 aliphatic heterocycles. The minimum Gasteiger partial charge on any atom is -0.462 e. The first-order valence-corrected chi connectivity index (χ1v) is 10.4. The Hall–Kier alpha value is -2.69. The lowest BCUT2D eigenvalue weighted by Crippen LogP contribution is -2.16. The Bertz CT molecular complexity index is 788. The van der Waals surface area contributed by atoms with Gasteiger partial charge in [0.1, 0.15) is 0 Å². The molecule has 0 bridgehead atoms. The van der Waals surface area contributed by atoms with Crippen LogP contribution in [0.25, 0.3) is 0 Å². The highest BCUT2D eigenvalue weighted by atomic mass is 19.1. The molecule has 0 fully saturated rings. The molecule has 2 aromatic rings.